The molecule has 10 rings (SSSR count). The van der Waals surface area contributed by atoms with Gasteiger partial charge in [0.05, 0.1) is 29.2 Å². The number of piperidine rings is 2. The fourth-order valence-electron chi connectivity index (χ4n) is 9.59. The van der Waals surface area contributed by atoms with Gasteiger partial charge < -0.3 is 34.4 Å². The van der Waals surface area contributed by atoms with Crippen LogP contribution in [0.5, 0.6) is 11.8 Å². The quantitative estimate of drug-likeness (QED) is 0.248. The number of nitrogens with zero attached hydrogens (tertiary/aromatic N) is 6. The molecular weight excluding hydrogens is 724 g/mol. The minimum absolute atomic E-state index is 0.00784. The maximum absolute atomic E-state index is 17.5. The first-order valence-electron chi connectivity index (χ1n) is 19.9. The van der Waals surface area contributed by atoms with Crippen molar-refractivity contribution >= 4 is 39.7 Å². The number of amides is 2. The number of anilines is 1. The van der Waals surface area contributed by atoms with Crippen LogP contribution in [-0.2, 0) is 11.2 Å². The highest BCUT2D eigenvalue weighted by Gasteiger charge is 2.45. The lowest BCUT2D eigenvalue weighted by molar-refractivity contribution is 0.0798. The van der Waals surface area contributed by atoms with Gasteiger partial charge in [0.1, 0.15) is 35.2 Å². The number of fused-ring (bicyclic) bond motifs is 7. The number of nitrogens with one attached hydrogen (secondary N) is 1. The Morgan fingerprint density at radius 3 is 2.62 bits per heavy atom. The third kappa shape index (κ3) is 6.82. The Bertz CT molecular complexity index is 2190. The maximum atomic E-state index is 17.5. The number of carbonyl (C=O) groups excluding carboxylic acids is 2. The highest BCUT2D eigenvalue weighted by atomic mass is 19.1. The van der Waals surface area contributed by atoms with Crippen molar-refractivity contribution in [1.82, 2.24) is 30.1 Å². The molecule has 4 aromatic rings. The van der Waals surface area contributed by atoms with E-state index in [2.05, 4.69) is 15.2 Å². The number of likely N-dealkylation sites (tertiary alicyclic amines) is 1. The number of carbonyl (C=O) groups is 2. The molecule has 6 bridgehead atoms. The number of aliphatic hydroxyl groups is 1. The van der Waals surface area contributed by atoms with Crippen LogP contribution < -0.4 is 19.7 Å². The van der Waals surface area contributed by atoms with Gasteiger partial charge in [0.25, 0.3) is 0 Å². The monoisotopic (exact) mass is 771 g/mol. The standard InChI is InChI=1S/C41H47F2N7O6/c1-40-11-3-14-49(23-40)36-30-22-44-34(33(43)35(30)45-37(46-36)55-24-41-12-4-15-50(41)16-5-13-41)29-21-27(56-39(53)48-17-9-26(51)10-18-48)20-25-7-8-31(42)28(32(25)29)6-2-19-54-38(52)47-40/h7-8,20-22,26,51H,2-6,9-19,23-24H2,1H3,(H,47,52). The zero-order valence-corrected chi connectivity index (χ0v) is 31.6. The Morgan fingerprint density at radius 2 is 1.82 bits per heavy atom. The average Bonchev–Trinajstić information content (AvgIpc) is 3.77. The summed E-state index contributed by atoms with van der Waals surface area (Å²) in [5.74, 6) is -0.694. The Kier molecular flexibility index (Phi) is 9.55. The van der Waals surface area contributed by atoms with E-state index in [1.165, 1.54) is 23.2 Å². The SMILES string of the molecule is CC12CCCN(C1)c1nc(OCC34CCCN3CCC4)nc3c(F)c(ncc13)-c1cc(OC(=O)N3CCC(O)CC3)cc3ccc(F)c(c13)CCCOC(=O)N2. The third-order valence-electron chi connectivity index (χ3n) is 12.5. The molecule has 0 radical (unpaired) electrons. The number of pyridine rings is 1. The van der Waals surface area contributed by atoms with E-state index in [0.717, 1.165) is 45.2 Å². The largest absolute Gasteiger partial charge is 0.461 e. The maximum Gasteiger partial charge on any atom is 0.415 e. The van der Waals surface area contributed by atoms with Crippen LogP contribution in [0.1, 0.15) is 70.3 Å². The van der Waals surface area contributed by atoms with Crippen LogP contribution in [0, 0.1) is 11.6 Å². The van der Waals surface area contributed by atoms with Crippen molar-refractivity contribution in [2.75, 3.05) is 57.4 Å². The van der Waals surface area contributed by atoms with Crippen molar-refractivity contribution in [1.29, 1.82) is 0 Å². The number of aryl methyl sites for hydroxylation is 1. The second-order valence-electron chi connectivity index (χ2n) is 16.4. The van der Waals surface area contributed by atoms with Gasteiger partial charge in [-0.15, -0.1) is 0 Å². The van der Waals surface area contributed by atoms with E-state index in [1.807, 2.05) is 11.8 Å². The Morgan fingerprint density at radius 1 is 1.04 bits per heavy atom. The number of hydrogen-bond acceptors (Lipinski definition) is 11. The minimum Gasteiger partial charge on any atom is -0.461 e. The average molecular weight is 772 g/mol. The number of ether oxygens (including phenoxy) is 3. The van der Waals surface area contributed by atoms with Gasteiger partial charge in [0.15, 0.2) is 5.82 Å². The van der Waals surface area contributed by atoms with Crippen LogP contribution in [-0.4, -0.2) is 112 Å². The first kappa shape index (κ1) is 36.7. The van der Waals surface area contributed by atoms with Crippen LogP contribution in [0.15, 0.2) is 30.5 Å². The Labute approximate surface area is 323 Å². The van der Waals surface area contributed by atoms with Crippen molar-refractivity contribution in [3.05, 3.63) is 47.7 Å². The molecule has 0 spiro atoms. The van der Waals surface area contributed by atoms with Crippen molar-refractivity contribution in [2.45, 2.75) is 88.3 Å². The summed E-state index contributed by atoms with van der Waals surface area (Å²) in [6.07, 6.45) is 6.82. The van der Waals surface area contributed by atoms with Crippen LogP contribution >= 0.6 is 0 Å². The molecule has 13 nitrogen and oxygen atoms in total. The van der Waals surface area contributed by atoms with Gasteiger partial charge in [-0.1, -0.05) is 6.07 Å². The highest BCUT2D eigenvalue weighted by molar-refractivity contribution is 6.02. The molecule has 2 aromatic carbocycles. The van der Waals surface area contributed by atoms with Gasteiger partial charge in [0.2, 0.25) is 0 Å². The number of benzene rings is 2. The van der Waals surface area contributed by atoms with Crippen molar-refractivity contribution in [3.63, 3.8) is 0 Å². The number of rotatable bonds is 4. The first-order chi connectivity index (χ1) is 27.1. The molecule has 15 heteroatoms. The molecule has 2 aromatic heterocycles. The molecule has 1 unspecified atom stereocenters. The van der Waals surface area contributed by atoms with Gasteiger partial charge in [0, 0.05) is 37.9 Å². The lowest BCUT2D eigenvalue weighted by Gasteiger charge is -2.41. The Hall–Kier alpha value is -4.89. The summed E-state index contributed by atoms with van der Waals surface area (Å²) < 4.78 is 51.3. The predicted molar refractivity (Wildman–Crippen MR) is 204 cm³/mol. The van der Waals surface area contributed by atoms with Gasteiger partial charge >= 0.3 is 18.2 Å². The minimum atomic E-state index is -0.747. The fraction of sp³-hybridized carbons (Fsp3) is 0.537. The summed E-state index contributed by atoms with van der Waals surface area (Å²) in [6.45, 7) is 6.02. The van der Waals surface area contributed by atoms with E-state index in [-0.39, 0.29) is 52.7 Å². The van der Waals surface area contributed by atoms with Crippen LogP contribution in [0.2, 0.25) is 0 Å². The summed E-state index contributed by atoms with van der Waals surface area (Å²) in [5, 5.41) is 14.3. The zero-order valence-electron chi connectivity index (χ0n) is 31.6. The molecule has 4 saturated heterocycles. The molecule has 2 amide bonds. The number of hydrogen-bond donors (Lipinski definition) is 2. The lowest BCUT2D eigenvalue weighted by Crippen LogP contribution is -2.57. The fourth-order valence-corrected chi connectivity index (χ4v) is 9.59. The molecule has 8 heterocycles. The van der Waals surface area contributed by atoms with Gasteiger partial charge in [-0.3, -0.25) is 9.88 Å². The molecular formula is C41H47F2N7O6. The number of aliphatic hydroxyl groups excluding tert-OH is 1. The van der Waals surface area contributed by atoms with E-state index >= 15 is 8.78 Å². The predicted octanol–water partition coefficient (Wildman–Crippen LogP) is 6.12. The molecule has 6 aliphatic rings. The molecule has 1 atom stereocenters. The van der Waals surface area contributed by atoms with E-state index < -0.39 is 35.5 Å². The summed E-state index contributed by atoms with van der Waals surface area (Å²) in [6, 6.07) is 6.07. The van der Waals surface area contributed by atoms with Gasteiger partial charge in [-0.25, -0.2) is 18.4 Å². The van der Waals surface area contributed by atoms with Crippen molar-refractivity contribution < 1.29 is 37.7 Å². The number of halogens is 2. The van der Waals surface area contributed by atoms with Crippen LogP contribution in [0.25, 0.3) is 32.9 Å². The summed E-state index contributed by atoms with van der Waals surface area (Å²) >= 11 is 0. The normalized spacial score (nSPS) is 23.0. The molecule has 0 saturated carbocycles. The number of aromatic nitrogens is 3. The smallest absolute Gasteiger partial charge is 0.415 e. The molecule has 6 aliphatic heterocycles. The molecule has 0 aliphatic carbocycles. The van der Waals surface area contributed by atoms with Gasteiger partial charge in [-0.05, 0) is 119 Å². The summed E-state index contributed by atoms with van der Waals surface area (Å²) in [4.78, 5) is 46.8. The van der Waals surface area contributed by atoms with Crippen LogP contribution in [0.4, 0.5) is 24.2 Å². The Balaban J connectivity index is 1.20. The van der Waals surface area contributed by atoms with Gasteiger partial charge in [-0.2, -0.15) is 9.97 Å². The molecule has 56 heavy (non-hydrogen) atoms. The van der Waals surface area contributed by atoms with E-state index in [4.69, 9.17) is 24.2 Å². The highest BCUT2D eigenvalue weighted by Crippen LogP contribution is 2.42. The van der Waals surface area contributed by atoms with E-state index in [9.17, 15) is 14.7 Å². The summed E-state index contributed by atoms with van der Waals surface area (Å²) in [7, 11) is 0. The molecule has 4 fully saturated rings. The van der Waals surface area contributed by atoms with Crippen molar-refractivity contribution in [2.24, 2.45) is 0 Å². The molecule has 2 N–H and O–H groups in total. The second-order valence-corrected chi connectivity index (χ2v) is 16.4. The first-order valence-corrected chi connectivity index (χ1v) is 19.9. The molecule has 296 valence electrons. The van der Waals surface area contributed by atoms with Crippen molar-refractivity contribution in [3.8, 4) is 23.0 Å². The summed E-state index contributed by atoms with van der Waals surface area (Å²) in [5.41, 5.74) is -0.389. The second kappa shape index (κ2) is 14.6. The third-order valence-corrected chi connectivity index (χ3v) is 12.5. The zero-order chi connectivity index (χ0) is 38.6. The van der Waals surface area contributed by atoms with E-state index in [1.54, 1.807) is 12.1 Å². The lowest BCUT2D eigenvalue weighted by atomic mass is 9.91. The van der Waals surface area contributed by atoms with Crippen LogP contribution in [0.3, 0.4) is 0 Å². The number of alkyl carbamates (subject to hydrolysis) is 1. The van der Waals surface area contributed by atoms with E-state index in [0.29, 0.717) is 80.4 Å². The topological polar surface area (TPSA) is 142 Å².